The molecule has 0 aromatic carbocycles. The summed E-state index contributed by atoms with van der Waals surface area (Å²) in [6.45, 7) is 4.68. The van der Waals surface area contributed by atoms with E-state index in [4.69, 9.17) is 4.74 Å². The van der Waals surface area contributed by atoms with Crippen molar-refractivity contribution in [2.75, 3.05) is 26.3 Å². The topological polar surface area (TPSA) is 41.5 Å². The minimum absolute atomic E-state index is 0.412. The third-order valence-corrected chi connectivity index (χ3v) is 1.75. The van der Waals surface area contributed by atoms with Gasteiger partial charge in [0.1, 0.15) is 0 Å². The Kier molecular flexibility index (Phi) is 3.56. The van der Waals surface area contributed by atoms with Crippen molar-refractivity contribution in [2.45, 2.75) is 13.0 Å². The van der Waals surface area contributed by atoms with Crippen molar-refractivity contribution in [2.24, 2.45) is 0 Å². The molecule has 0 saturated carbocycles. The van der Waals surface area contributed by atoms with Crippen LogP contribution in [0.15, 0.2) is 11.6 Å². The molecule has 3 nitrogen and oxygen atoms in total. The third-order valence-electron chi connectivity index (χ3n) is 1.75. The quantitative estimate of drug-likeness (QED) is 0.560. The minimum Gasteiger partial charge on any atom is -0.386 e. The number of aliphatic hydroxyl groups excluding tert-OH is 1. The van der Waals surface area contributed by atoms with Crippen LogP contribution in [-0.4, -0.2) is 37.5 Å². The van der Waals surface area contributed by atoms with Crippen molar-refractivity contribution in [3.63, 3.8) is 0 Å². The Labute approximate surface area is 67.1 Å². The van der Waals surface area contributed by atoms with E-state index in [0.29, 0.717) is 13.2 Å². The first kappa shape index (κ1) is 8.71. The normalized spacial score (nSPS) is 20.0. The van der Waals surface area contributed by atoms with Gasteiger partial charge in [0.25, 0.3) is 0 Å². The molecule has 0 aliphatic carbocycles. The first-order chi connectivity index (χ1) is 5.34. The maximum Gasteiger partial charge on any atom is 0.0996 e. The van der Waals surface area contributed by atoms with Gasteiger partial charge in [-0.15, -0.1) is 0 Å². The molecule has 2 N–H and O–H groups in total. The highest BCUT2D eigenvalue weighted by Gasteiger charge is 2.12. The lowest BCUT2D eigenvalue weighted by Gasteiger charge is -2.10. The molecule has 0 spiro atoms. The van der Waals surface area contributed by atoms with Crippen LogP contribution in [0.5, 0.6) is 0 Å². The van der Waals surface area contributed by atoms with E-state index in [-0.39, 0.29) is 0 Å². The van der Waals surface area contributed by atoms with Gasteiger partial charge < -0.3 is 15.2 Å². The summed E-state index contributed by atoms with van der Waals surface area (Å²) in [4.78, 5) is 0. The van der Waals surface area contributed by atoms with E-state index < -0.39 is 6.10 Å². The van der Waals surface area contributed by atoms with Crippen LogP contribution in [0.4, 0.5) is 0 Å². The Bertz CT molecular complexity index is 145. The molecule has 1 heterocycles. The second-order valence-electron chi connectivity index (χ2n) is 2.59. The van der Waals surface area contributed by atoms with Crippen LogP contribution in [0.25, 0.3) is 0 Å². The molecule has 0 fully saturated rings. The van der Waals surface area contributed by atoms with Crippen LogP contribution >= 0.6 is 0 Å². The summed E-state index contributed by atoms with van der Waals surface area (Å²) in [7, 11) is 0. The van der Waals surface area contributed by atoms with E-state index in [2.05, 4.69) is 5.32 Å². The second-order valence-corrected chi connectivity index (χ2v) is 2.59. The lowest BCUT2D eigenvalue weighted by Crippen LogP contribution is -2.21. The zero-order valence-corrected chi connectivity index (χ0v) is 6.84. The van der Waals surface area contributed by atoms with Crippen molar-refractivity contribution in [1.82, 2.24) is 5.32 Å². The molecule has 11 heavy (non-hydrogen) atoms. The molecule has 1 rings (SSSR count). The number of ether oxygens (including phenoxy) is 1. The number of rotatable bonds is 4. The van der Waals surface area contributed by atoms with Gasteiger partial charge in [-0.1, -0.05) is 6.08 Å². The number of hydrogen-bond donors (Lipinski definition) is 2. The first-order valence-corrected chi connectivity index (χ1v) is 4.00. The third kappa shape index (κ3) is 2.61. The Hall–Kier alpha value is -0.380. The molecule has 0 bridgehead atoms. The van der Waals surface area contributed by atoms with Gasteiger partial charge in [0.15, 0.2) is 0 Å². The van der Waals surface area contributed by atoms with Gasteiger partial charge >= 0.3 is 0 Å². The van der Waals surface area contributed by atoms with Crippen LogP contribution in [-0.2, 0) is 4.74 Å². The van der Waals surface area contributed by atoms with Gasteiger partial charge in [-0.05, 0) is 12.5 Å². The first-order valence-electron chi connectivity index (χ1n) is 4.00. The molecule has 3 heteroatoms. The van der Waals surface area contributed by atoms with Gasteiger partial charge in [0.2, 0.25) is 0 Å². The molecule has 0 aromatic rings. The summed E-state index contributed by atoms with van der Waals surface area (Å²) in [5.74, 6) is 0. The Morgan fingerprint density at radius 3 is 3.18 bits per heavy atom. The molecule has 64 valence electrons. The molecule has 0 saturated heterocycles. The van der Waals surface area contributed by atoms with E-state index in [0.717, 1.165) is 18.7 Å². The average molecular weight is 157 g/mol. The number of hydrogen-bond acceptors (Lipinski definition) is 3. The van der Waals surface area contributed by atoms with E-state index in [1.807, 2.05) is 13.0 Å². The fourth-order valence-corrected chi connectivity index (χ4v) is 1.08. The lowest BCUT2D eigenvalue weighted by atomic mass is 10.2. The van der Waals surface area contributed by atoms with E-state index in [9.17, 15) is 5.11 Å². The van der Waals surface area contributed by atoms with Gasteiger partial charge in [0.05, 0.1) is 12.7 Å². The van der Waals surface area contributed by atoms with Gasteiger partial charge in [-0.3, -0.25) is 0 Å². The van der Waals surface area contributed by atoms with E-state index in [1.165, 1.54) is 0 Å². The Morgan fingerprint density at radius 1 is 1.82 bits per heavy atom. The monoisotopic (exact) mass is 157 g/mol. The summed E-state index contributed by atoms with van der Waals surface area (Å²) in [6.07, 6.45) is 1.61. The highest BCUT2D eigenvalue weighted by atomic mass is 16.5. The van der Waals surface area contributed by atoms with E-state index >= 15 is 0 Å². The Balaban J connectivity index is 2.23. The molecule has 1 unspecified atom stereocenters. The van der Waals surface area contributed by atoms with Crippen molar-refractivity contribution < 1.29 is 9.84 Å². The average Bonchev–Trinajstić information content (AvgIpc) is 2.52. The van der Waals surface area contributed by atoms with E-state index in [1.54, 1.807) is 0 Å². The molecule has 0 aromatic heterocycles. The van der Waals surface area contributed by atoms with Crippen LogP contribution in [0.1, 0.15) is 6.92 Å². The molecule has 1 aliphatic heterocycles. The molecule has 0 radical (unpaired) electrons. The summed E-state index contributed by atoms with van der Waals surface area (Å²) in [5, 5.41) is 12.6. The van der Waals surface area contributed by atoms with Crippen LogP contribution in [0, 0.1) is 0 Å². The van der Waals surface area contributed by atoms with Crippen molar-refractivity contribution in [3.8, 4) is 0 Å². The number of nitrogens with one attached hydrogen (secondary N) is 1. The predicted molar refractivity (Wildman–Crippen MR) is 43.5 cm³/mol. The number of aliphatic hydroxyl groups is 1. The smallest absolute Gasteiger partial charge is 0.0996 e. The van der Waals surface area contributed by atoms with Crippen LogP contribution in [0.3, 0.4) is 0 Å². The molecular formula is C8H15NO2. The fraction of sp³-hybridized carbons (Fsp3) is 0.750. The van der Waals surface area contributed by atoms with Crippen molar-refractivity contribution in [3.05, 3.63) is 11.6 Å². The summed E-state index contributed by atoms with van der Waals surface area (Å²) in [6, 6.07) is 0. The molecule has 0 amide bonds. The highest BCUT2D eigenvalue weighted by molar-refractivity contribution is 5.15. The summed E-state index contributed by atoms with van der Waals surface area (Å²) >= 11 is 0. The highest BCUT2D eigenvalue weighted by Crippen LogP contribution is 2.05. The second kappa shape index (κ2) is 4.49. The van der Waals surface area contributed by atoms with Gasteiger partial charge in [0, 0.05) is 19.7 Å². The van der Waals surface area contributed by atoms with Gasteiger partial charge in [-0.2, -0.15) is 0 Å². The zero-order chi connectivity index (χ0) is 8.10. The molecule has 1 atom stereocenters. The largest absolute Gasteiger partial charge is 0.386 e. The van der Waals surface area contributed by atoms with Gasteiger partial charge in [-0.25, -0.2) is 0 Å². The van der Waals surface area contributed by atoms with Crippen molar-refractivity contribution >= 4 is 0 Å². The van der Waals surface area contributed by atoms with Crippen LogP contribution < -0.4 is 5.32 Å². The SMILES string of the molecule is CCOCC(O)C1=CCNC1. The summed E-state index contributed by atoms with van der Waals surface area (Å²) < 4.78 is 5.09. The summed E-state index contributed by atoms with van der Waals surface area (Å²) in [5.41, 5.74) is 1.05. The lowest BCUT2D eigenvalue weighted by molar-refractivity contribution is 0.0608. The maximum absolute atomic E-state index is 9.45. The zero-order valence-electron chi connectivity index (χ0n) is 6.84. The predicted octanol–water partition coefficient (Wildman–Crippen LogP) is -0.0866. The maximum atomic E-state index is 9.45. The van der Waals surface area contributed by atoms with Crippen molar-refractivity contribution in [1.29, 1.82) is 0 Å². The Morgan fingerprint density at radius 2 is 2.64 bits per heavy atom. The minimum atomic E-state index is -0.412. The molecule has 1 aliphatic rings. The molecular weight excluding hydrogens is 142 g/mol. The van der Waals surface area contributed by atoms with Crippen LogP contribution in [0.2, 0.25) is 0 Å². The standard InChI is InChI=1S/C8H15NO2/c1-2-11-6-8(10)7-3-4-9-5-7/h3,8-10H,2,4-6H2,1H3. The fourth-order valence-electron chi connectivity index (χ4n) is 1.08.